The van der Waals surface area contributed by atoms with Gasteiger partial charge in [0.2, 0.25) is 0 Å². The Morgan fingerprint density at radius 2 is 1.95 bits per heavy atom. The van der Waals surface area contributed by atoms with E-state index in [0.29, 0.717) is 13.0 Å². The Morgan fingerprint density at radius 3 is 2.57 bits per heavy atom. The van der Waals surface area contributed by atoms with E-state index >= 15 is 0 Å². The number of sulfone groups is 1. The Balaban J connectivity index is 2.77. The molecule has 0 aliphatic carbocycles. The van der Waals surface area contributed by atoms with Gasteiger partial charge in [0.1, 0.15) is 12.4 Å². The Morgan fingerprint density at radius 1 is 1.24 bits per heavy atom. The number of rotatable bonds is 9. The highest BCUT2D eigenvalue weighted by Gasteiger charge is 2.12. The van der Waals surface area contributed by atoms with Crippen LogP contribution < -0.4 is 10.1 Å². The second kappa shape index (κ2) is 8.76. The summed E-state index contributed by atoms with van der Waals surface area (Å²) in [6.45, 7) is 7.65. The summed E-state index contributed by atoms with van der Waals surface area (Å²) in [5.74, 6) is 1.07. The summed E-state index contributed by atoms with van der Waals surface area (Å²) in [7, 11) is -3.00. The quantitative estimate of drug-likeness (QED) is 0.718. The molecule has 0 bridgehead atoms. The van der Waals surface area contributed by atoms with Crippen molar-refractivity contribution in [3.8, 4) is 5.75 Å². The molecular weight excluding hydrogens is 354 g/mol. The lowest BCUT2D eigenvalue weighted by molar-refractivity contribution is 0.334. The smallest absolute Gasteiger partial charge is 0.153 e. The molecule has 0 spiro atoms. The van der Waals surface area contributed by atoms with Crippen LogP contribution >= 0.6 is 15.9 Å². The van der Waals surface area contributed by atoms with Crippen molar-refractivity contribution < 1.29 is 13.2 Å². The molecule has 0 aliphatic heterocycles. The van der Waals surface area contributed by atoms with Crippen LogP contribution in [-0.4, -0.2) is 33.1 Å². The van der Waals surface area contributed by atoms with Crippen molar-refractivity contribution in [2.75, 3.05) is 24.7 Å². The van der Waals surface area contributed by atoms with Gasteiger partial charge in [-0.1, -0.05) is 29.8 Å². The maximum absolute atomic E-state index is 11.7. The number of benzene rings is 1. The standard InChI is InChI=1S/C15H24BrNO3S/c1-4-7-21(18,19)8-6-20-15-12(3)9-14(16)10-13(15)11-17-5-2/h9-10,17H,4-8,11H2,1-3H3. The first-order chi connectivity index (χ1) is 9.89. The van der Waals surface area contributed by atoms with Gasteiger partial charge >= 0.3 is 0 Å². The first-order valence-corrected chi connectivity index (χ1v) is 9.84. The van der Waals surface area contributed by atoms with E-state index in [1.54, 1.807) is 0 Å². The van der Waals surface area contributed by atoms with Gasteiger partial charge in [-0.2, -0.15) is 0 Å². The van der Waals surface area contributed by atoms with Gasteiger partial charge in [0, 0.05) is 16.6 Å². The zero-order valence-electron chi connectivity index (χ0n) is 12.9. The van der Waals surface area contributed by atoms with Gasteiger partial charge in [0.15, 0.2) is 9.84 Å². The second-order valence-corrected chi connectivity index (χ2v) is 8.21. The molecule has 1 N–H and O–H groups in total. The number of halogens is 1. The summed E-state index contributed by atoms with van der Waals surface area (Å²) in [5, 5.41) is 3.27. The molecule has 4 nitrogen and oxygen atoms in total. The molecule has 0 saturated carbocycles. The van der Waals surface area contributed by atoms with Gasteiger partial charge in [-0.15, -0.1) is 0 Å². The van der Waals surface area contributed by atoms with Crippen molar-refractivity contribution in [2.45, 2.75) is 33.7 Å². The van der Waals surface area contributed by atoms with E-state index in [9.17, 15) is 8.42 Å². The fourth-order valence-corrected chi connectivity index (χ4v) is 3.86. The third-order valence-corrected chi connectivity index (χ3v) is 5.31. The van der Waals surface area contributed by atoms with Crippen molar-refractivity contribution in [1.82, 2.24) is 5.32 Å². The third kappa shape index (κ3) is 6.36. The average Bonchev–Trinajstić information content (AvgIpc) is 2.38. The predicted molar refractivity (Wildman–Crippen MR) is 90.7 cm³/mol. The van der Waals surface area contributed by atoms with Crippen molar-refractivity contribution in [2.24, 2.45) is 0 Å². The highest BCUT2D eigenvalue weighted by Crippen LogP contribution is 2.28. The Labute approximate surface area is 136 Å². The molecule has 0 aliphatic rings. The van der Waals surface area contributed by atoms with Crippen LogP contribution in [0.1, 0.15) is 31.4 Å². The Bertz CT molecular complexity index is 558. The van der Waals surface area contributed by atoms with E-state index in [4.69, 9.17) is 4.74 Å². The summed E-state index contributed by atoms with van der Waals surface area (Å²) >= 11 is 3.48. The molecule has 1 rings (SSSR count). The SMILES string of the molecule is CCCS(=O)(=O)CCOc1c(C)cc(Br)cc1CNCC. The maximum atomic E-state index is 11.7. The van der Waals surface area contributed by atoms with Gasteiger partial charge in [-0.05, 0) is 37.6 Å². The van der Waals surface area contributed by atoms with Crippen LogP contribution in [0.5, 0.6) is 5.75 Å². The molecule has 1 aromatic rings. The molecule has 1 aromatic carbocycles. The minimum absolute atomic E-state index is 0.0665. The van der Waals surface area contributed by atoms with Crippen LogP contribution in [-0.2, 0) is 16.4 Å². The van der Waals surface area contributed by atoms with E-state index in [2.05, 4.69) is 21.2 Å². The van der Waals surface area contributed by atoms with Crippen molar-refractivity contribution in [3.63, 3.8) is 0 Å². The maximum Gasteiger partial charge on any atom is 0.153 e. The van der Waals surface area contributed by atoms with Gasteiger partial charge in [0.05, 0.1) is 11.5 Å². The van der Waals surface area contributed by atoms with E-state index in [0.717, 1.165) is 27.9 Å². The number of hydrogen-bond donors (Lipinski definition) is 1. The van der Waals surface area contributed by atoms with Crippen molar-refractivity contribution in [1.29, 1.82) is 0 Å². The highest BCUT2D eigenvalue weighted by molar-refractivity contribution is 9.10. The first kappa shape index (κ1) is 18.5. The van der Waals surface area contributed by atoms with Gasteiger partial charge in [-0.25, -0.2) is 8.42 Å². The molecule has 0 aromatic heterocycles. The fraction of sp³-hybridized carbons (Fsp3) is 0.600. The van der Waals surface area contributed by atoms with Gasteiger partial charge < -0.3 is 10.1 Å². The van der Waals surface area contributed by atoms with Gasteiger partial charge in [-0.3, -0.25) is 0 Å². The topological polar surface area (TPSA) is 55.4 Å². The van der Waals surface area contributed by atoms with Crippen molar-refractivity contribution >= 4 is 25.8 Å². The molecule has 6 heteroatoms. The van der Waals surface area contributed by atoms with Crippen LogP contribution in [0.25, 0.3) is 0 Å². The Hall–Kier alpha value is -0.590. The summed E-state index contributed by atoms with van der Waals surface area (Å²) < 4.78 is 30.2. The molecular formula is C15H24BrNO3S. The van der Waals surface area contributed by atoms with E-state index in [-0.39, 0.29) is 18.1 Å². The number of ether oxygens (including phenoxy) is 1. The molecule has 0 unspecified atom stereocenters. The summed E-state index contributed by atoms with van der Waals surface area (Å²) in [4.78, 5) is 0. The minimum atomic E-state index is -3.00. The first-order valence-electron chi connectivity index (χ1n) is 7.22. The van der Waals surface area contributed by atoms with Crippen molar-refractivity contribution in [3.05, 3.63) is 27.7 Å². The second-order valence-electron chi connectivity index (χ2n) is 4.99. The average molecular weight is 378 g/mol. The lowest BCUT2D eigenvalue weighted by Gasteiger charge is -2.15. The molecule has 120 valence electrons. The lowest BCUT2D eigenvalue weighted by atomic mass is 10.1. The van der Waals surface area contributed by atoms with Crippen LogP contribution in [0.15, 0.2) is 16.6 Å². The zero-order valence-corrected chi connectivity index (χ0v) is 15.3. The predicted octanol–water partition coefficient (Wildman–Crippen LogP) is 3.07. The number of nitrogens with one attached hydrogen (secondary N) is 1. The number of aryl methyl sites for hydroxylation is 1. The molecule has 0 heterocycles. The highest BCUT2D eigenvalue weighted by atomic mass is 79.9. The van der Waals surface area contributed by atoms with Crippen LogP contribution in [0.4, 0.5) is 0 Å². The Kier molecular flexibility index (Phi) is 7.70. The van der Waals surface area contributed by atoms with Gasteiger partial charge in [0.25, 0.3) is 0 Å². The van der Waals surface area contributed by atoms with Crippen LogP contribution in [0.2, 0.25) is 0 Å². The number of hydrogen-bond acceptors (Lipinski definition) is 4. The van der Waals surface area contributed by atoms with E-state index in [1.165, 1.54) is 0 Å². The minimum Gasteiger partial charge on any atom is -0.492 e. The monoisotopic (exact) mass is 377 g/mol. The summed E-state index contributed by atoms with van der Waals surface area (Å²) in [6, 6.07) is 3.98. The summed E-state index contributed by atoms with van der Waals surface area (Å²) in [5.41, 5.74) is 2.04. The largest absolute Gasteiger partial charge is 0.492 e. The molecule has 0 amide bonds. The lowest BCUT2D eigenvalue weighted by Crippen LogP contribution is -2.18. The summed E-state index contributed by atoms with van der Waals surface area (Å²) in [6.07, 6.45) is 0.644. The molecule has 0 fully saturated rings. The third-order valence-electron chi connectivity index (χ3n) is 3.04. The molecule has 0 saturated heterocycles. The van der Waals surface area contributed by atoms with Crippen LogP contribution in [0.3, 0.4) is 0 Å². The van der Waals surface area contributed by atoms with E-state index in [1.807, 2.05) is 32.9 Å². The van der Waals surface area contributed by atoms with Crippen LogP contribution in [0, 0.1) is 6.92 Å². The molecule has 0 atom stereocenters. The normalized spacial score (nSPS) is 11.6. The zero-order chi connectivity index (χ0) is 15.9. The molecule has 0 radical (unpaired) electrons. The van der Waals surface area contributed by atoms with E-state index < -0.39 is 9.84 Å². The fourth-order valence-electron chi connectivity index (χ4n) is 2.08. The molecule has 21 heavy (non-hydrogen) atoms.